The van der Waals surface area contributed by atoms with E-state index in [1.165, 1.54) is 18.9 Å². The van der Waals surface area contributed by atoms with Gasteiger partial charge in [-0.15, -0.1) is 0 Å². The molecule has 3 amide bonds. The fourth-order valence-corrected chi connectivity index (χ4v) is 3.83. The highest BCUT2D eigenvalue weighted by molar-refractivity contribution is 5.93. The number of amides is 3. The zero-order valence-corrected chi connectivity index (χ0v) is 24.1. The molecule has 0 aliphatic heterocycles. The van der Waals surface area contributed by atoms with E-state index in [4.69, 9.17) is 9.47 Å². The lowest BCUT2D eigenvalue weighted by Gasteiger charge is -2.32. The maximum absolute atomic E-state index is 13.8. The first kappa shape index (κ1) is 31.3. The van der Waals surface area contributed by atoms with Crippen LogP contribution in [0.2, 0.25) is 0 Å². The van der Waals surface area contributed by atoms with Gasteiger partial charge in [-0.2, -0.15) is 0 Å². The molecule has 0 aromatic heterocycles. The van der Waals surface area contributed by atoms with Gasteiger partial charge in [-0.1, -0.05) is 60.7 Å². The van der Waals surface area contributed by atoms with Crippen LogP contribution in [0.4, 0.5) is 4.79 Å². The van der Waals surface area contributed by atoms with E-state index in [1.54, 1.807) is 71.9 Å². The van der Waals surface area contributed by atoms with Gasteiger partial charge >= 0.3 is 12.1 Å². The summed E-state index contributed by atoms with van der Waals surface area (Å²) in [6, 6.07) is 15.0. The van der Waals surface area contributed by atoms with Crippen molar-refractivity contribution in [2.24, 2.45) is 0 Å². The summed E-state index contributed by atoms with van der Waals surface area (Å²) in [4.78, 5) is 53.7. The summed E-state index contributed by atoms with van der Waals surface area (Å²) in [5, 5.41) is 5.34. The van der Waals surface area contributed by atoms with Gasteiger partial charge in [-0.05, 0) is 59.6 Å². The van der Waals surface area contributed by atoms with Crippen molar-refractivity contribution in [1.82, 2.24) is 15.5 Å². The quantitative estimate of drug-likeness (QED) is 0.463. The predicted molar refractivity (Wildman–Crippen MR) is 149 cm³/mol. The fraction of sp³-hybridized carbons (Fsp3) is 0.467. The first-order chi connectivity index (χ1) is 18.1. The second-order valence-electron chi connectivity index (χ2n) is 11.4. The Balaban J connectivity index is 2.33. The van der Waals surface area contributed by atoms with Crippen molar-refractivity contribution in [2.45, 2.75) is 84.2 Å². The van der Waals surface area contributed by atoms with Crippen molar-refractivity contribution < 1.29 is 28.7 Å². The Morgan fingerprint density at radius 2 is 1.31 bits per heavy atom. The van der Waals surface area contributed by atoms with Crippen molar-refractivity contribution in [1.29, 1.82) is 0 Å². The minimum Gasteiger partial charge on any atom is -0.458 e. The Bertz CT molecular complexity index is 1120. The number of carbonyl (C=O) groups excluding carboxylic acids is 4. The van der Waals surface area contributed by atoms with Gasteiger partial charge in [0.2, 0.25) is 11.8 Å². The van der Waals surface area contributed by atoms with Gasteiger partial charge in [0.05, 0.1) is 0 Å². The minimum atomic E-state index is -1.08. The van der Waals surface area contributed by atoms with Gasteiger partial charge in [0, 0.05) is 13.5 Å². The van der Waals surface area contributed by atoms with Crippen LogP contribution in [-0.4, -0.2) is 59.1 Å². The summed E-state index contributed by atoms with van der Waals surface area (Å²) in [7, 11) is 1.48. The number of nitrogens with zero attached hydrogens (tertiary/aromatic N) is 1. The standard InChI is InChI=1S/C30H41N3O6/c1-20(31-28(37)39-30(5,6)7)26(35)33(8)24(22-17-13-10-14-18-22)25(34)32-23(27(36)38-29(2,3)4)19-21-15-11-9-12-16-21/h9-18,20,23-24H,19H2,1-8H3,(H,31,37)(H,32,34). The topological polar surface area (TPSA) is 114 Å². The third kappa shape index (κ3) is 10.4. The SMILES string of the molecule is CC(NC(=O)OC(C)(C)C)C(=O)N(C)C(C(=O)NC(Cc1ccccc1)C(=O)OC(C)(C)C)c1ccccc1. The van der Waals surface area contributed by atoms with Crippen LogP contribution < -0.4 is 10.6 Å². The van der Waals surface area contributed by atoms with E-state index in [2.05, 4.69) is 10.6 Å². The molecule has 3 unspecified atom stereocenters. The predicted octanol–water partition coefficient (Wildman–Crippen LogP) is 4.17. The molecule has 0 saturated heterocycles. The summed E-state index contributed by atoms with van der Waals surface area (Å²) in [5.74, 6) is -1.66. The summed E-state index contributed by atoms with van der Waals surface area (Å²) < 4.78 is 10.8. The number of esters is 1. The lowest BCUT2D eigenvalue weighted by atomic mass is 10.0. The maximum Gasteiger partial charge on any atom is 0.408 e. The Morgan fingerprint density at radius 3 is 1.82 bits per heavy atom. The molecule has 9 nitrogen and oxygen atoms in total. The third-order valence-electron chi connectivity index (χ3n) is 5.49. The lowest BCUT2D eigenvalue weighted by Crippen LogP contribution is -2.53. The lowest BCUT2D eigenvalue weighted by molar-refractivity contribution is -0.159. The van der Waals surface area contributed by atoms with Crippen LogP contribution in [0.25, 0.3) is 0 Å². The van der Waals surface area contributed by atoms with Gasteiger partial charge < -0.3 is 25.0 Å². The molecule has 0 aliphatic carbocycles. The highest BCUT2D eigenvalue weighted by Crippen LogP contribution is 2.22. The van der Waals surface area contributed by atoms with E-state index in [0.29, 0.717) is 5.56 Å². The molecule has 0 spiro atoms. The normalized spacial score (nSPS) is 13.8. The van der Waals surface area contributed by atoms with Crippen LogP contribution in [0.15, 0.2) is 60.7 Å². The van der Waals surface area contributed by atoms with Gasteiger partial charge in [0.15, 0.2) is 0 Å². The molecule has 0 aliphatic rings. The molecule has 2 aromatic rings. The third-order valence-corrected chi connectivity index (χ3v) is 5.49. The number of hydrogen-bond acceptors (Lipinski definition) is 6. The molecule has 212 valence electrons. The average molecular weight is 540 g/mol. The number of carbonyl (C=O) groups is 4. The Hall–Kier alpha value is -3.88. The Morgan fingerprint density at radius 1 is 0.795 bits per heavy atom. The maximum atomic E-state index is 13.8. The van der Waals surface area contributed by atoms with Gasteiger partial charge in [-0.3, -0.25) is 9.59 Å². The van der Waals surface area contributed by atoms with Crippen LogP contribution in [0.3, 0.4) is 0 Å². The molecule has 2 aromatic carbocycles. The molecule has 3 atom stereocenters. The van der Waals surface area contributed by atoms with E-state index in [-0.39, 0.29) is 6.42 Å². The average Bonchev–Trinajstić information content (AvgIpc) is 2.82. The molecule has 2 N–H and O–H groups in total. The summed E-state index contributed by atoms with van der Waals surface area (Å²) in [5.41, 5.74) is -0.117. The molecule has 0 heterocycles. The van der Waals surface area contributed by atoms with Crippen LogP contribution in [-0.2, 0) is 30.3 Å². The number of hydrogen-bond donors (Lipinski definition) is 2. The highest BCUT2D eigenvalue weighted by atomic mass is 16.6. The van der Waals surface area contributed by atoms with E-state index < -0.39 is 53.2 Å². The van der Waals surface area contributed by atoms with Crippen molar-refractivity contribution in [3.63, 3.8) is 0 Å². The van der Waals surface area contributed by atoms with Crippen molar-refractivity contribution in [3.8, 4) is 0 Å². The Kier molecular flexibility index (Phi) is 10.7. The number of ether oxygens (including phenoxy) is 2. The van der Waals surface area contributed by atoms with Crippen LogP contribution >= 0.6 is 0 Å². The van der Waals surface area contributed by atoms with E-state index >= 15 is 0 Å². The van der Waals surface area contributed by atoms with Crippen molar-refractivity contribution >= 4 is 23.9 Å². The van der Waals surface area contributed by atoms with Crippen LogP contribution in [0.5, 0.6) is 0 Å². The molecule has 0 saturated carbocycles. The molecule has 39 heavy (non-hydrogen) atoms. The van der Waals surface area contributed by atoms with E-state index in [0.717, 1.165) is 5.56 Å². The van der Waals surface area contributed by atoms with Gasteiger partial charge in [0.1, 0.15) is 29.3 Å². The first-order valence-electron chi connectivity index (χ1n) is 13.0. The summed E-state index contributed by atoms with van der Waals surface area (Å²) in [6.07, 6.45) is -0.539. The largest absolute Gasteiger partial charge is 0.458 e. The second kappa shape index (κ2) is 13.3. The van der Waals surface area contributed by atoms with Gasteiger partial charge in [-0.25, -0.2) is 9.59 Å². The molecule has 9 heteroatoms. The van der Waals surface area contributed by atoms with E-state index in [1.807, 2.05) is 30.3 Å². The van der Waals surface area contributed by atoms with Crippen molar-refractivity contribution in [2.75, 3.05) is 7.05 Å². The van der Waals surface area contributed by atoms with Crippen LogP contribution in [0.1, 0.15) is 65.6 Å². The zero-order chi connectivity index (χ0) is 29.4. The molecule has 0 fully saturated rings. The van der Waals surface area contributed by atoms with Crippen molar-refractivity contribution in [3.05, 3.63) is 71.8 Å². The van der Waals surface area contributed by atoms with Crippen LogP contribution in [0, 0.1) is 0 Å². The molecule has 2 rings (SSSR count). The Labute approximate surface area is 231 Å². The molecular weight excluding hydrogens is 498 g/mol. The highest BCUT2D eigenvalue weighted by Gasteiger charge is 2.35. The first-order valence-corrected chi connectivity index (χ1v) is 13.0. The molecule has 0 bridgehead atoms. The minimum absolute atomic E-state index is 0.206. The summed E-state index contributed by atoms with van der Waals surface area (Å²) >= 11 is 0. The van der Waals surface area contributed by atoms with E-state index in [9.17, 15) is 19.2 Å². The number of rotatable bonds is 9. The summed E-state index contributed by atoms with van der Waals surface area (Å²) in [6.45, 7) is 11.9. The number of alkyl carbamates (subject to hydrolysis) is 1. The smallest absolute Gasteiger partial charge is 0.408 e. The number of nitrogens with one attached hydrogen (secondary N) is 2. The second-order valence-corrected chi connectivity index (χ2v) is 11.4. The monoisotopic (exact) mass is 539 g/mol. The molecule has 0 radical (unpaired) electrons. The molecular formula is C30H41N3O6. The fourth-order valence-electron chi connectivity index (χ4n) is 3.83. The van der Waals surface area contributed by atoms with Gasteiger partial charge in [0.25, 0.3) is 0 Å². The number of benzene rings is 2. The number of likely N-dealkylation sites (N-methyl/N-ethyl adjacent to an activating group) is 1. The zero-order valence-electron chi connectivity index (χ0n) is 24.1.